The van der Waals surface area contributed by atoms with Gasteiger partial charge in [-0.1, -0.05) is 12.1 Å². The molecule has 1 aliphatic rings. The summed E-state index contributed by atoms with van der Waals surface area (Å²) in [5.41, 5.74) is 0.596. The molecule has 2 rings (SSSR count). The fourth-order valence-corrected chi connectivity index (χ4v) is 1.70. The van der Waals surface area contributed by atoms with Gasteiger partial charge in [-0.2, -0.15) is 0 Å². The third-order valence-corrected chi connectivity index (χ3v) is 2.32. The largest absolute Gasteiger partial charge is 0.327 e. The molecule has 1 aromatic carbocycles. The number of hydrogen-bond acceptors (Lipinski definition) is 2. The van der Waals surface area contributed by atoms with Gasteiger partial charge in [0.25, 0.3) is 0 Å². The highest BCUT2D eigenvalue weighted by atomic mass is 32.2. The summed E-state index contributed by atoms with van der Waals surface area (Å²) in [6, 6.07) is 6.72. The van der Waals surface area contributed by atoms with Crippen LogP contribution in [0.2, 0.25) is 0 Å². The predicted octanol–water partition coefficient (Wildman–Crippen LogP) is 2.61. The lowest BCUT2D eigenvalue weighted by Gasteiger charge is -2.13. The Hall–Kier alpha value is -0.960. The summed E-state index contributed by atoms with van der Waals surface area (Å²) >= 11 is 1.61. The standard InChI is InChI=1S/C9H7FNS/c10-8-3-1-2-4-9(8)11-5-6-12-7-11/h1-4,6H,7H2. The van der Waals surface area contributed by atoms with Crippen LogP contribution in [0.3, 0.4) is 0 Å². The number of halogens is 1. The summed E-state index contributed by atoms with van der Waals surface area (Å²) in [4.78, 5) is 1.76. The molecule has 0 atom stereocenters. The second-order valence-electron chi connectivity index (χ2n) is 2.42. The highest BCUT2D eigenvalue weighted by molar-refractivity contribution is 8.02. The maximum Gasteiger partial charge on any atom is 0.146 e. The number of rotatable bonds is 1. The average Bonchev–Trinajstić information content (AvgIpc) is 2.57. The summed E-state index contributed by atoms with van der Waals surface area (Å²) in [5.74, 6) is 0.557. The Bertz CT molecular complexity index is 311. The topological polar surface area (TPSA) is 3.24 Å². The molecule has 0 fully saturated rings. The van der Waals surface area contributed by atoms with Gasteiger partial charge < -0.3 is 4.90 Å². The Labute approximate surface area is 74.9 Å². The molecule has 1 aromatic rings. The van der Waals surface area contributed by atoms with Crippen LogP contribution in [0, 0.1) is 12.0 Å². The molecule has 0 unspecified atom stereocenters. The molecule has 3 heteroatoms. The molecule has 0 N–H and O–H groups in total. The highest BCUT2D eigenvalue weighted by Crippen LogP contribution is 2.25. The van der Waals surface area contributed by atoms with E-state index in [4.69, 9.17) is 0 Å². The number of benzene rings is 1. The summed E-state index contributed by atoms with van der Waals surface area (Å²) < 4.78 is 13.1. The monoisotopic (exact) mass is 180 g/mol. The smallest absolute Gasteiger partial charge is 0.146 e. The first-order valence-corrected chi connectivity index (χ1v) is 4.64. The van der Waals surface area contributed by atoms with E-state index in [1.807, 2.05) is 11.5 Å². The van der Waals surface area contributed by atoms with Crippen LogP contribution in [-0.2, 0) is 0 Å². The maximum absolute atomic E-state index is 13.1. The Morgan fingerprint density at radius 3 is 2.92 bits per heavy atom. The van der Waals surface area contributed by atoms with Crippen LogP contribution in [0.5, 0.6) is 0 Å². The van der Waals surface area contributed by atoms with Crippen LogP contribution < -0.4 is 4.90 Å². The van der Waals surface area contributed by atoms with Gasteiger partial charge in [0.2, 0.25) is 0 Å². The molecule has 61 valence electrons. The van der Waals surface area contributed by atoms with Crippen molar-refractivity contribution in [2.45, 2.75) is 0 Å². The molecule has 0 amide bonds. The summed E-state index contributed by atoms with van der Waals surface area (Å²) in [7, 11) is 0. The normalized spacial score (nSPS) is 15.6. The third kappa shape index (κ3) is 1.32. The Balaban J connectivity index is 2.33. The van der Waals surface area contributed by atoms with Crippen molar-refractivity contribution in [1.82, 2.24) is 0 Å². The van der Waals surface area contributed by atoms with E-state index in [2.05, 4.69) is 6.20 Å². The van der Waals surface area contributed by atoms with Gasteiger partial charge >= 0.3 is 0 Å². The molecule has 0 saturated carbocycles. The van der Waals surface area contributed by atoms with E-state index < -0.39 is 0 Å². The molecule has 1 radical (unpaired) electrons. The fourth-order valence-electron chi connectivity index (χ4n) is 1.06. The summed E-state index contributed by atoms with van der Waals surface area (Å²) in [6.07, 6.45) is 2.94. The van der Waals surface area contributed by atoms with Crippen LogP contribution in [0.15, 0.2) is 29.7 Å². The fraction of sp³-hybridized carbons (Fsp3) is 0.111. The lowest BCUT2D eigenvalue weighted by molar-refractivity contribution is 0.626. The number of thioether (sulfide) groups is 1. The molecule has 0 saturated heterocycles. The molecule has 0 aliphatic carbocycles. The van der Waals surface area contributed by atoms with E-state index in [0.717, 1.165) is 5.88 Å². The second-order valence-corrected chi connectivity index (χ2v) is 3.25. The zero-order chi connectivity index (χ0) is 8.39. The maximum atomic E-state index is 13.1. The van der Waals surface area contributed by atoms with Crippen molar-refractivity contribution >= 4 is 17.4 Å². The van der Waals surface area contributed by atoms with E-state index in [1.54, 1.807) is 28.8 Å². The third-order valence-electron chi connectivity index (χ3n) is 1.64. The van der Waals surface area contributed by atoms with Crippen molar-refractivity contribution in [3.63, 3.8) is 0 Å². The van der Waals surface area contributed by atoms with Gasteiger partial charge in [0.15, 0.2) is 0 Å². The molecule has 0 spiro atoms. The number of para-hydroxylation sites is 1. The predicted molar refractivity (Wildman–Crippen MR) is 49.2 cm³/mol. The van der Waals surface area contributed by atoms with Crippen LogP contribution >= 0.6 is 11.8 Å². The van der Waals surface area contributed by atoms with Crippen LogP contribution in [-0.4, -0.2) is 5.88 Å². The van der Waals surface area contributed by atoms with E-state index in [-0.39, 0.29) is 5.82 Å². The first kappa shape index (κ1) is 7.68. The van der Waals surface area contributed by atoms with Crippen LogP contribution in [0.1, 0.15) is 0 Å². The van der Waals surface area contributed by atoms with Gasteiger partial charge in [0.05, 0.1) is 17.8 Å². The molecule has 0 bridgehead atoms. The second kappa shape index (κ2) is 3.19. The molecule has 1 heterocycles. The number of hydrogen-bond donors (Lipinski definition) is 0. The summed E-state index contributed by atoms with van der Waals surface area (Å²) in [5, 5.41) is 1.84. The van der Waals surface area contributed by atoms with Crippen molar-refractivity contribution in [1.29, 1.82) is 0 Å². The Morgan fingerprint density at radius 2 is 2.25 bits per heavy atom. The summed E-state index contributed by atoms with van der Waals surface area (Å²) in [6.45, 7) is 0. The highest BCUT2D eigenvalue weighted by Gasteiger charge is 2.11. The van der Waals surface area contributed by atoms with Gasteiger partial charge in [0, 0.05) is 0 Å². The molecule has 12 heavy (non-hydrogen) atoms. The van der Waals surface area contributed by atoms with Gasteiger partial charge in [0.1, 0.15) is 5.82 Å². The van der Waals surface area contributed by atoms with E-state index in [0.29, 0.717) is 5.69 Å². The molecular weight excluding hydrogens is 173 g/mol. The quantitative estimate of drug-likeness (QED) is 0.653. The lowest BCUT2D eigenvalue weighted by Crippen LogP contribution is -2.12. The zero-order valence-electron chi connectivity index (χ0n) is 6.33. The molecule has 1 aliphatic heterocycles. The minimum Gasteiger partial charge on any atom is -0.327 e. The lowest BCUT2D eigenvalue weighted by atomic mass is 10.3. The van der Waals surface area contributed by atoms with Crippen LogP contribution in [0.25, 0.3) is 0 Å². The minimum atomic E-state index is -0.194. The van der Waals surface area contributed by atoms with E-state index in [9.17, 15) is 4.39 Å². The Kier molecular flexibility index (Phi) is 2.04. The van der Waals surface area contributed by atoms with Crippen molar-refractivity contribution < 1.29 is 4.39 Å². The molecular formula is C9H7FNS. The average molecular weight is 180 g/mol. The first-order valence-electron chi connectivity index (χ1n) is 3.59. The SMILES string of the molecule is Fc1ccccc1N1[C]=CSC1. The molecule has 0 aromatic heterocycles. The number of anilines is 1. The minimum absolute atomic E-state index is 0.194. The van der Waals surface area contributed by atoms with E-state index >= 15 is 0 Å². The van der Waals surface area contributed by atoms with Gasteiger partial charge in [-0.25, -0.2) is 4.39 Å². The van der Waals surface area contributed by atoms with Gasteiger partial charge in [-0.3, -0.25) is 0 Å². The van der Waals surface area contributed by atoms with Crippen molar-refractivity contribution in [3.8, 4) is 0 Å². The van der Waals surface area contributed by atoms with Crippen molar-refractivity contribution in [2.75, 3.05) is 10.8 Å². The van der Waals surface area contributed by atoms with Gasteiger partial charge in [-0.05, 0) is 17.5 Å². The van der Waals surface area contributed by atoms with E-state index in [1.165, 1.54) is 6.07 Å². The van der Waals surface area contributed by atoms with Gasteiger partial charge in [-0.15, -0.1) is 11.8 Å². The molecule has 1 nitrogen and oxygen atoms in total. The number of nitrogens with zero attached hydrogens (tertiary/aromatic N) is 1. The Morgan fingerprint density at radius 1 is 1.42 bits per heavy atom. The van der Waals surface area contributed by atoms with Crippen molar-refractivity contribution in [2.24, 2.45) is 0 Å². The zero-order valence-corrected chi connectivity index (χ0v) is 7.14. The first-order chi connectivity index (χ1) is 5.88. The van der Waals surface area contributed by atoms with Crippen molar-refractivity contribution in [3.05, 3.63) is 41.7 Å². The van der Waals surface area contributed by atoms with Crippen LogP contribution in [0.4, 0.5) is 10.1 Å².